The summed E-state index contributed by atoms with van der Waals surface area (Å²) in [5.41, 5.74) is 1.83. The van der Waals surface area contributed by atoms with Crippen molar-refractivity contribution in [2.75, 3.05) is 0 Å². The van der Waals surface area contributed by atoms with Crippen LogP contribution in [0.3, 0.4) is 0 Å². The van der Waals surface area contributed by atoms with Gasteiger partial charge >= 0.3 is 119 Å². The summed E-state index contributed by atoms with van der Waals surface area (Å²) in [5, 5.41) is 9.43. The fourth-order valence-electron chi connectivity index (χ4n) is 2.25. The average molecular weight is 319 g/mol. The van der Waals surface area contributed by atoms with Crippen LogP contribution in [0, 0.1) is 0 Å². The van der Waals surface area contributed by atoms with Crippen LogP contribution in [0.15, 0.2) is 48.5 Å². The first-order valence-corrected chi connectivity index (χ1v) is 6.85. The van der Waals surface area contributed by atoms with Crippen LogP contribution in [0.5, 0.6) is 11.5 Å². The van der Waals surface area contributed by atoms with Gasteiger partial charge in [0.05, 0.1) is 0 Å². The van der Waals surface area contributed by atoms with E-state index in [0.717, 1.165) is 11.1 Å². The van der Waals surface area contributed by atoms with Crippen LogP contribution < -0.4 is 4.74 Å². The molecular formula is C15H12O3Se. The molecular weight excluding hydrogens is 307 g/mol. The van der Waals surface area contributed by atoms with Gasteiger partial charge in [-0.05, 0) is 0 Å². The molecule has 1 N–H and O–H groups in total. The Morgan fingerprint density at radius 1 is 1.16 bits per heavy atom. The Hall–Kier alpha value is -1.77. The van der Waals surface area contributed by atoms with Crippen molar-refractivity contribution in [1.29, 1.82) is 0 Å². The normalized spacial score (nSPS) is 21.6. The zero-order valence-corrected chi connectivity index (χ0v) is 11.9. The summed E-state index contributed by atoms with van der Waals surface area (Å²) in [5.74, 6) is 0.240. The van der Waals surface area contributed by atoms with Crippen molar-refractivity contribution in [2.24, 2.45) is 0 Å². The standard InChI is InChI=1S/C15H12O3Se/c16-12-7-6-10-9-15(19,11-4-2-1-3-5-11)14(17)18-13(10)8-12/h1-8,16,19H,9H2. The summed E-state index contributed by atoms with van der Waals surface area (Å²) in [6.45, 7) is 0. The summed E-state index contributed by atoms with van der Waals surface area (Å²) < 4.78 is 4.63. The fourth-order valence-corrected chi connectivity index (χ4v) is 3.02. The van der Waals surface area contributed by atoms with Crippen molar-refractivity contribution in [2.45, 2.75) is 10.7 Å². The van der Waals surface area contributed by atoms with Gasteiger partial charge in [-0.1, -0.05) is 0 Å². The molecule has 0 aromatic heterocycles. The SMILES string of the molecule is O=C1Oc2cc(O)ccc2CC1([SeH])c1ccccc1. The second-order valence-electron chi connectivity index (χ2n) is 4.58. The van der Waals surface area contributed by atoms with Gasteiger partial charge in [0.1, 0.15) is 0 Å². The van der Waals surface area contributed by atoms with Gasteiger partial charge in [0.2, 0.25) is 0 Å². The van der Waals surface area contributed by atoms with E-state index in [4.69, 9.17) is 4.74 Å². The van der Waals surface area contributed by atoms with E-state index in [0.29, 0.717) is 12.2 Å². The topological polar surface area (TPSA) is 46.5 Å². The van der Waals surface area contributed by atoms with Gasteiger partial charge in [-0.2, -0.15) is 0 Å². The van der Waals surface area contributed by atoms with Gasteiger partial charge < -0.3 is 0 Å². The third kappa shape index (κ3) is 2.03. The van der Waals surface area contributed by atoms with Crippen LogP contribution in [0.4, 0.5) is 0 Å². The number of rotatable bonds is 1. The number of fused-ring (bicyclic) bond motifs is 1. The summed E-state index contributed by atoms with van der Waals surface area (Å²) in [6.07, 6.45) is 0.547. The van der Waals surface area contributed by atoms with Crippen LogP contribution >= 0.6 is 0 Å². The van der Waals surface area contributed by atoms with Crippen molar-refractivity contribution in [1.82, 2.24) is 0 Å². The Balaban J connectivity index is 2.07. The predicted molar refractivity (Wildman–Crippen MR) is 72.7 cm³/mol. The number of ether oxygens (including phenoxy) is 1. The first kappa shape index (κ1) is 12.3. The molecule has 0 aliphatic carbocycles. The van der Waals surface area contributed by atoms with E-state index in [1.807, 2.05) is 30.3 Å². The summed E-state index contributed by atoms with van der Waals surface area (Å²) in [6, 6.07) is 14.5. The second kappa shape index (κ2) is 4.41. The van der Waals surface area contributed by atoms with E-state index >= 15 is 0 Å². The van der Waals surface area contributed by atoms with Crippen molar-refractivity contribution in [3.8, 4) is 11.5 Å². The number of benzene rings is 2. The summed E-state index contributed by atoms with van der Waals surface area (Å²) in [7, 11) is 0. The third-order valence-electron chi connectivity index (χ3n) is 3.29. The Kier molecular flexibility index (Phi) is 2.85. The van der Waals surface area contributed by atoms with Crippen LogP contribution in [-0.4, -0.2) is 27.1 Å². The number of carbonyl (C=O) groups excluding carboxylic acids is 1. The van der Waals surface area contributed by atoms with Gasteiger partial charge in [0.25, 0.3) is 0 Å². The predicted octanol–water partition coefficient (Wildman–Crippen LogP) is 1.65. The molecule has 0 fully saturated rings. The molecule has 0 bridgehead atoms. The number of phenolic OH excluding ortho intramolecular Hbond substituents is 1. The van der Waals surface area contributed by atoms with Gasteiger partial charge in [0, 0.05) is 0 Å². The van der Waals surface area contributed by atoms with Gasteiger partial charge in [-0.15, -0.1) is 0 Å². The molecule has 4 heteroatoms. The molecule has 3 rings (SSSR count). The van der Waals surface area contributed by atoms with Gasteiger partial charge in [-0.25, -0.2) is 0 Å². The molecule has 0 saturated carbocycles. The number of phenols is 1. The number of esters is 1. The maximum absolute atomic E-state index is 12.3. The third-order valence-corrected chi connectivity index (χ3v) is 4.55. The number of aromatic hydroxyl groups is 1. The maximum atomic E-state index is 12.3. The monoisotopic (exact) mass is 320 g/mol. The molecule has 0 saturated heterocycles. The molecule has 0 amide bonds. The van der Waals surface area contributed by atoms with Crippen molar-refractivity contribution < 1.29 is 14.6 Å². The van der Waals surface area contributed by atoms with E-state index in [9.17, 15) is 9.90 Å². The molecule has 96 valence electrons. The molecule has 0 spiro atoms. The molecule has 1 heterocycles. The summed E-state index contributed by atoms with van der Waals surface area (Å²) in [4.78, 5) is 12.3. The van der Waals surface area contributed by atoms with Gasteiger partial charge in [0.15, 0.2) is 0 Å². The zero-order valence-electron chi connectivity index (χ0n) is 10.0. The minimum absolute atomic E-state index is 0.101. The van der Waals surface area contributed by atoms with Gasteiger partial charge in [-0.3, -0.25) is 0 Å². The van der Waals surface area contributed by atoms with E-state index < -0.39 is 4.31 Å². The first-order chi connectivity index (χ1) is 9.09. The molecule has 1 unspecified atom stereocenters. The van der Waals surface area contributed by atoms with E-state index in [-0.39, 0.29) is 11.7 Å². The molecule has 19 heavy (non-hydrogen) atoms. The molecule has 0 radical (unpaired) electrons. The van der Waals surface area contributed by atoms with E-state index in [2.05, 4.69) is 16.0 Å². The number of hydrogen-bond acceptors (Lipinski definition) is 3. The summed E-state index contributed by atoms with van der Waals surface area (Å²) >= 11 is 2.43. The van der Waals surface area contributed by atoms with Crippen molar-refractivity contribution in [3.63, 3.8) is 0 Å². The Morgan fingerprint density at radius 2 is 1.89 bits per heavy atom. The zero-order chi connectivity index (χ0) is 13.5. The van der Waals surface area contributed by atoms with Crippen LogP contribution in [0.1, 0.15) is 11.1 Å². The van der Waals surface area contributed by atoms with Crippen molar-refractivity contribution in [3.05, 3.63) is 59.7 Å². The molecule has 3 nitrogen and oxygen atoms in total. The Bertz CT molecular complexity index is 639. The van der Waals surface area contributed by atoms with Crippen LogP contribution in [-0.2, 0) is 15.5 Å². The van der Waals surface area contributed by atoms with E-state index in [1.54, 1.807) is 12.1 Å². The van der Waals surface area contributed by atoms with Crippen LogP contribution in [0.25, 0.3) is 0 Å². The average Bonchev–Trinajstić information content (AvgIpc) is 2.42. The second-order valence-corrected chi connectivity index (χ2v) is 6.19. The quantitative estimate of drug-likeness (QED) is 0.494. The number of carbonyl (C=O) groups is 1. The van der Waals surface area contributed by atoms with Crippen LogP contribution in [0.2, 0.25) is 0 Å². The molecule has 1 aliphatic heterocycles. The number of hydrogen-bond donors (Lipinski definition) is 1. The minimum atomic E-state index is -0.738. The Labute approximate surface area is 119 Å². The van der Waals surface area contributed by atoms with Crippen molar-refractivity contribution >= 4 is 22.0 Å². The fraction of sp³-hybridized carbons (Fsp3) is 0.133. The Morgan fingerprint density at radius 3 is 2.63 bits per heavy atom. The van der Waals surface area contributed by atoms with E-state index in [1.165, 1.54) is 6.07 Å². The molecule has 1 atom stereocenters. The molecule has 1 aliphatic rings. The first-order valence-electron chi connectivity index (χ1n) is 5.92. The molecule has 2 aromatic rings. The molecule has 2 aromatic carbocycles.